The van der Waals surface area contributed by atoms with Crippen LogP contribution in [0.15, 0.2) is 36.4 Å². The van der Waals surface area contributed by atoms with Crippen LogP contribution in [-0.2, 0) is 13.0 Å². The minimum Gasteiger partial charge on any atom is -0.381 e. The molecule has 0 bridgehead atoms. The third kappa shape index (κ3) is 3.31. The normalized spacial score (nSPS) is 10.5. The summed E-state index contributed by atoms with van der Waals surface area (Å²) in [5, 5.41) is 3.20. The van der Waals surface area contributed by atoms with Crippen LogP contribution in [0.2, 0.25) is 0 Å². The summed E-state index contributed by atoms with van der Waals surface area (Å²) in [5.74, 6) is -1.56. The van der Waals surface area contributed by atoms with Crippen LogP contribution in [0.4, 0.5) is 14.5 Å². The van der Waals surface area contributed by atoms with Gasteiger partial charge in [0.1, 0.15) is 0 Å². The summed E-state index contributed by atoms with van der Waals surface area (Å²) in [6.07, 6.45) is 1.00. The van der Waals surface area contributed by atoms with Gasteiger partial charge in [-0.2, -0.15) is 0 Å². The van der Waals surface area contributed by atoms with Gasteiger partial charge < -0.3 is 5.32 Å². The quantitative estimate of drug-likeness (QED) is 0.857. The van der Waals surface area contributed by atoms with E-state index < -0.39 is 11.6 Å². The first-order valence-corrected chi connectivity index (χ1v) is 6.37. The van der Waals surface area contributed by atoms with E-state index in [0.29, 0.717) is 12.1 Å². The topological polar surface area (TPSA) is 12.0 Å². The highest BCUT2D eigenvalue weighted by Gasteiger charge is 2.07. The van der Waals surface area contributed by atoms with E-state index in [1.807, 2.05) is 12.1 Å². The Kier molecular flexibility index (Phi) is 4.15. The molecule has 0 aliphatic rings. The van der Waals surface area contributed by atoms with Gasteiger partial charge in [0.25, 0.3) is 0 Å². The lowest BCUT2D eigenvalue weighted by Crippen LogP contribution is -2.02. The highest BCUT2D eigenvalue weighted by molar-refractivity contribution is 5.45. The third-order valence-electron chi connectivity index (χ3n) is 3.13. The number of hydrogen-bond donors (Lipinski definition) is 1. The van der Waals surface area contributed by atoms with Crippen molar-refractivity contribution in [3.8, 4) is 0 Å². The number of hydrogen-bond acceptors (Lipinski definition) is 1. The number of aryl methyl sites for hydroxylation is 2. The molecule has 0 saturated heterocycles. The Morgan fingerprint density at radius 2 is 1.68 bits per heavy atom. The molecule has 0 spiro atoms. The molecule has 1 N–H and O–H groups in total. The molecule has 0 aliphatic heterocycles. The molecule has 2 aromatic rings. The van der Waals surface area contributed by atoms with E-state index in [1.54, 1.807) is 13.0 Å². The fourth-order valence-electron chi connectivity index (χ4n) is 1.96. The van der Waals surface area contributed by atoms with E-state index >= 15 is 0 Å². The molecule has 0 amide bonds. The van der Waals surface area contributed by atoms with Crippen molar-refractivity contribution in [3.05, 3.63) is 64.7 Å². The van der Waals surface area contributed by atoms with Crippen molar-refractivity contribution < 1.29 is 8.78 Å². The van der Waals surface area contributed by atoms with Crippen LogP contribution >= 0.6 is 0 Å². The summed E-state index contributed by atoms with van der Waals surface area (Å²) >= 11 is 0. The van der Waals surface area contributed by atoms with Gasteiger partial charge in [0.15, 0.2) is 11.6 Å². The number of benzene rings is 2. The fraction of sp³-hybridized carbons (Fsp3) is 0.250. The SMILES string of the molecule is CCc1ccc(NCc2cc(C)c(F)c(F)c2)cc1. The summed E-state index contributed by atoms with van der Waals surface area (Å²) in [5.41, 5.74) is 3.31. The maximum Gasteiger partial charge on any atom is 0.161 e. The van der Waals surface area contributed by atoms with Crippen molar-refractivity contribution in [3.63, 3.8) is 0 Å². The number of nitrogens with one attached hydrogen (secondary N) is 1. The number of halogens is 2. The van der Waals surface area contributed by atoms with Gasteiger partial charge in [-0.1, -0.05) is 25.1 Å². The number of rotatable bonds is 4. The smallest absolute Gasteiger partial charge is 0.161 e. The third-order valence-corrected chi connectivity index (χ3v) is 3.13. The minimum absolute atomic E-state index is 0.332. The molecule has 0 atom stereocenters. The molecule has 0 radical (unpaired) electrons. The fourth-order valence-corrected chi connectivity index (χ4v) is 1.96. The van der Waals surface area contributed by atoms with E-state index in [-0.39, 0.29) is 0 Å². The van der Waals surface area contributed by atoms with Gasteiger partial charge in [-0.15, -0.1) is 0 Å². The standard InChI is InChI=1S/C16H17F2N/c1-3-12-4-6-14(7-5-12)19-10-13-8-11(2)16(18)15(17)9-13/h4-9,19H,3,10H2,1-2H3. The van der Waals surface area contributed by atoms with Gasteiger partial charge >= 0.3 is 0 Å². The molecule has 2 rings (SSSR count). The summed E-state index contributed by atoms with van der Waals surface area (Å²) in [7, 11) is 0. The average Bonchev–Trinajstić information content (AvgIpc) is 2.43. The summed E-state index contributed by atoms with van der Waals surface area (Å²) in [4.78, 5) is 0. The van der Waals surface area contributed by atoms with Crippen LogP contribution in [0.1, 0.15) is 23.6 Å². The van der Waals surface area contributed by atoms with Gasteiger partial charge in [-0.25, -0.2) is 8.78 Å². The zero-order valence-corrected chi connectivity index (χ0v) is 11.1. The second-order valence-electron chi connectivity index (χ2n) is 4.61. The first-order valence-electron chi connectivity index (χ1n) is 6.37. The van der Waals surface area contributed by atoms with Gasteiger partial charge in [-0.05, 0) is 48.2 Å². The Balaban J connectivity index is 2.05. The molecule has 19 heavy (non-hydrogen) atoms. The highest BCUT2D eigenvalue weighted by atomic mass is 19.2. The van der Waals surface area contributed by atoms with Crippen LogP contribution in [0, 0.1) is 18.6 Å². The van der Waals surface area contributed by atoms with Crippen molar-refractivity contribution in [1.29, 1.82) is 0 Å². The number of anilines is 1. The average molecular weight is 261 g/mol. The maximum atomic E-state index is 13.3. The Hall–Kier alpha value is -1.90. The summed E-state index contributed by atoms with van der Waals surface area (Å²) in [6, 6.07) is 11.0. The second kappa shape index (κ2) is 5.83. The van der Waals surface area contributed by atoms with E-state index in [4.69, 9.17) is 0 Å². The largest absolute Gasteiger partial charge is 0.381 e. The van der Waals surface area contributed by atoms with Gasteiger partial charge in [0.2, 0.25) is 0 Å². The van der Waals surface area contributed by atoms with Crippen molar-refractivity contribution >= 4 is 5.69 Å². The van der Waals surface area contributed by atoms with Gasteiger partial charge in [0, 0.05) is 12.2 Å². The van der Waals surface area contributed by atoms with Crippen LogP contribution in [0.5, 0.6) is 0 Å². The van der Waals surface area contributed by atoms with Crippen molar-refractivity contribution in [2.45, 2.75) is 26.8 Å². The molecular weight excluding hydrogens is 244 g/mol. The first-order chi connectivity index (χ1) is 9.10. The molecule has 2 aromatic carbocycles. The lowest BCUT2D eigenvalue weighted by atomic mass is 10.1. The van der Waals surface area contributed by atoms with Crippen LogP contribution in [0.3, 0.4) is 0 Å². The molecule has 0 unspecified atom stereocenters. The Morgan fingerprint density at radius 3 is 2.26 bits per heavy atom. The molecule has 0 saturated carbocycles. The Morgan fingerprint density at radius 1 is 1.00 bits per heavy atom. The Labute approximate surface area is 112 Å². The molecule has 0 fully saturated rings. The van der Waals surface area contributed by atoms with Crippen molar-refractivity contribution in [2.75, 3.05) is 5.32 Å². The lowest BCUT2D eigenvalue weighted by molar-refractivity contribution is 0.501. The van der Waals surface area contributed by atoms with Crippen molar-refractivity contribution in [1.82, 2.24) is 0 Å². The molecule has 100 valence electrons. The van der Waals surface area contributed by atoms with Gasteiger partial charge in [0.05, 0.1) is 0 Å². The summed E-state index contributed by atoms with van der Waals surface area (Å²) < 4.78 is 26.4. The van der Waals surface area contributed by atoms with Crippen LogP contribution in [-0.4, -0.2) is 0 Å². The molecule has 0 aromatic heterocycles. The molecule has 0 aliphatic carbocycles. The van der Waals surface area contributed by atoms with Crippen LogP contribution in [0.25, 0.3) is 0 Å². The monoisotopic (exact) mass is 261 g/mol. The lowest BCUT2D eigenvalue weighted by Gasteiger charge is -2.09. The van der Waals surface area contributed by atoms with Crippen molar-refractivity contribution in [2.24, 2.45) is 0 Å². The van der Waals surface area contributed by atoms with E-state index in [1.165, 1.54) is 11.6 Å². The zero-order chi connectivity index (χ0) is 13.8. The predicted octanol–water partition coefficient (Wildman–Crippen LogP) is 4.45. The minimum atomic E-state index is -0.793. The van der Waals surface area contributed by atoms with E-state index in [0.717, 1.165) is 17.7 Å². The summed E-state index contributed by atoms with van der Waals surface area (Å²) in [6.45, 7) is 4.15. The van der Waals surface area contributed by atoms with E-state index in [2.05, 4.69) is 24.4 Å². The van der Waals surface area contributed by atoms with E-state index in [9.17, 15) is 8.78 Å². The Bertz CT molecular complexity index is 538. The van der Waals surface area contributed by atoms with Crippen LogP contribution < -0.4 is 5.32 Å². The predicted molar refractivity (Wildman–Crippen MR) is 74.2 cm³/mol. The maximum absolute atomic E-state index is 13.3. The molecular formula is C16H17F2N. The zero-order valence-electron chi connectivity index (χ0n) is 11.1. The molecule has 0 heterocycles. The highest BCUT2D eigenvalue weighted by Crippen LogP contribution is 2.16. The molecule has 1 nitrogen and oxygen atoms in total. The molecule has 3 heteroatoms. The first kappa shape index (κ1) is 13.5. The van der Waals surface area contributed by atoms with Gasteiger partial charge in [-0.3, -0.25) is 0 Å². The second-order valence-corrected chi connectivity index (χ2v) is 4.61.